The Labute approximate surface area is 180 Å². The lowest BCUT2D eigenvalue weighted by molar-refractivity contribution is 0.0755. The molecule has 1 unspecified atom stereocenters. The zero-order valence-corrected chi connectivity index (χ0v) is 17.4. The van der Waals surface area contributed by atoms with Crippen LogP contribution >= 0.6 is 0 Å². The minimum absolute atomic E-state index is 0.228. The number of para-hydroxylation sites is 1. The molecular weight excluding hydrogens is 389 g/mol. The van der Waals surface area contributed by atoms with E-state index in [0.29, 0.717) is 17.4 Å². The van der Waals surface area contributed by atoms with Gasteiger partial charge in [0, 0.05) is 11.6 Å². The Morgan fingerprint density at radius 3 is 2.52 bits per heavy atom. The topological polar surface area (TPSA) is 50.4 Å². The summed E-state index contributed by atoms with van der Waals surface area (Å²) < 4.78 is 16.3. The molecule has 3 aromatic heterocycles. The van der Waals surface area contributed by atoms with Crippen molar-refractivity contribution in [1.29, 1.82) is 0 Å². The predicted molar refractivity (Wildman–Crippen MR) is 119 cm³/mol. The second-order valence-electron chi connectivity index (χ2n) is 9.23. The third kappa shape index (κ3) is 3.23. The highest BCUT2D eigenvalue weighted by molar-refractivity contribution is 5.83. The van der Waals surface area contributed by atoms with Gasteiger partial charge in [-0.25, -0.2) is 9.37 Å². The fraction of sp³-hybridized carbons (Fsp3) is 0.385. The number of nitrogens with zero attached hydrogens (tertiary/aromatic N) is 3. The van der Waals surface area contributed by atoms with E-state index in [1.54, 1.807) is 12.3 Å². The van der Waals surface area contributed by atoms with E-state index in [1.807, 2.05) is 24.7 Å². The van der Waals surface area contributed by atoms with Crippen LogP contribution < -0.4 is 0 Å². The third-order valence-corrected chi connectivity index (χ3v) is 7.37. The van der Waals surface area contributed by atoms with Crippen LogP contribution in [0.5, 0.6) is 0 Å². The van der Waals surface area contributed by atoms with E-state index in [-0.39, 0.29) is 11.7 Å². The Morgan fingerprint density at radius 1 is 0.935 bits per heavy atom. The number of hydrogen-bond donors (Lipinski definition) is 1. The van der Waals surface area contributed by atoms with Gasteiger partial charge < -0.3 is 9.51 Å². The van der Waals surface area contributed by atoms with Gasteiger partial charge in [0.1, 0.15) is 11.3 Å². The van der Waals surface area contributed by atoms with E-state index < -0.39 is 6.10 Å². The van der Waals surface area contributed by atoms with Crippen molar-refractivity contribution in [3.05, 3.63) is 77.8 Å². The molecule has 0 radical (unpaired) electrons. The molecule has 6 rings (SSSR count). The summed E-state index contributed by atoms with van der Waals surface area (Å²) in [6, 6.07) is 11.6. The van der Waals surface area contributed by atoms with Crippen LogP contribution in [0, 0.1) is 11.7 Å². The predicted octanol–water partition coefficient (Wildman–Crippen LogP) is 5.91. The Morgan fingerprint density at radius 2 is 1.71 bits per heavy atom. The van der Waals surface area contributed by atoms with Crippen molar-refractivity contribution in [1.82, 2.24) is 14.4 Å². The number of aliphatic hydroxyl groups is 1. The van der Waals surface area contributed by atoms with Gasteiger partial charge in [0.05, 0.1) is 29.8 Å². The lowest BCUT2D eigenvalue weighted by Crippen LogP contribution is -2.22. The summed E-state index contributed by atoms with van der Waals surface area (Å²) in [4.78, 5) is 8.56. The van der Waals surface area contributed by atoms with Crippen LogP contribution in [0.4, 0.5) is 4.39 Å². The smallest absolute Gasteiger partial charge is 0.149 e. The van der Waals surface area contributed by atoms with Crippen molar-refractivity contribution in [3.63, 3.8) is 0 Å². The molecule has 2 saturated carbocycles. The second-order valence-corrected chi connectivity index (χ2v) is 9.23. The Hall–Kier alpha value is -2.79. The SMILES string of the molecule is OC(c1c(C2CC2)ccc2cncn12)C1CCC(c2ccnc3c(F)cccc23)CC1. The molecule has 2 fully saturated rings. The first-order valence-corrected chi connectivity index (χ1v) is 11.4. The molecule has 5 heteroatoms. The molecular formula is C26H26FN3O. The first-order valence-electron chi connectivity index (χ1n) is 11.4. The quantitative estimate of drug-likeness (QED) is 0.451. The van der Waals surface area contributed by atoms with Gasteiger partial charge in [0.15, 0.2) is 0 Å². The average molecular weight is 416 g/mol. The van der Waals surface area contributed by atoms with Gasteiger partial charge in [0.2, 0.25) is 0 Å². The first kappa shape index (κ1) is 18.9. The van der Waals surface area contributed by atoms with Crippen LogP contribution in [0.1, 0.15) is 73.3 Å². The second kappa shape index (κ2) is 7.41. The van der Waals surface area contributed by atoms with E-state index in [9.17, 15) is 9.50 Å². The van der Waals surface area contributed by atoms with Gasteiger partial charge in [-0.15, -0.1) is 0 Å². The molecule has 0 aliphatic heterocycles. The van der Waals surface area contributed by atoms with Crippen LogP contribution in [0.15, 0.2) is 55.1 Å². The normalized spacial score (nSPS) is 22.8. The van der Waals surface area contributed by atoms with Crippen molar-refractivity contribution >= 4 is 16.4 Å². The fourth-order valence-electron chi connectivity index (χ4n) is 5.57. The van der Waals surface area contributed by atoms with Crippen LogP contribution in [-0.2, 0) is 0 Å². The zero-order chi connectivity index (χ0) is 20.9. The van der Waals surface area contributed by atoms with Crippen molar-refractivity contribution < 1.29 is 9.50 Å². The van der Waals surface area contributed by atoms with Crippen molar-refractivity contribution in [2.24, 2.45) is 5.92 Å². The minimum Gasteiger partial charge on any atom is -0.387 e. The number of rotatable bonds is 4. The molecule has 0 spiro atoms. The van der Waals surface area contributed by atoms with Crippen LogP contribution in [0.2, 0.25) is 0 Å². The van der Waals surface area contributed by atoms with Crippen LogP contribution in [-0.4, -0.2) is 19.5 Å². The molecule has 4 aromatic rings. The molecule has 2 aliphatic rings. The van der Waals surface area contributed by atoms with E-state index >= 15 is 0 Å². The van der Waals surface area contributed by atoms with E-state index in [2.05, 4.69) is 26.5 Å². The average Bonchev–Trinajstić information content (AvgIpc) is 3.54. The summed E-state index contributed by atoms with van der Waals surface area (Å²) in [5.74, 6) is 0.921. The summed E-state index contributed by atoms with van der Waals surface area (Å²) in [5, 5.41) is 12.4. The number of aliphatic hydroxyl groups excluding tert-OH is 1. The van der Waals surface area contributed by atoms with E-state index in [0.717, 1.165) is 42.3 Å². The van der Waals surface area contributed by atoms with Crippen molar-refractivity contribution in [2.45, 2.75) is 56.5 Å². The molecule has 2 aliphatic carbocycles. The highest BCUT2D eigenvalue weighted by Gasteiger charge is 2.34. The summed E-state index contributed by atoms with van der Waals surface area (Å²) in [6.45, 7) is 0. The first-order chi connectivity index (χ1) is 15.2. The van der Waals surface area contributed by atoms with Gasteiger partial charge in [-0.2, -0.15) is 0 Å². The van der Waals surface area contributed by atoms with E-state index in [1.165, 1.54) is 30.0 Å². The Bertz CT molecular complexity index is 1250. The number of fused-ring (bicyclic) bond motifs is 2. The highest BCUT2D eigenvalue weighted by atomic mass is 19.1. The summed E-state index contributed by atoms with van der Waals surface area (Å²) in [5.41, 5.74) is 5.02. The number of aromatic nitrogens is 3. The molecule has 158 valence electrons. The molecule has 1 N–H and O–H groups in total. The zero-order valence-electron chi connectivity index (χ0n) is 17.4. The van der Waals surface area contributed by atoms with Gasteiger partial charge in [-0.05, 0) is 85.6 Å². The fourth-order valence-corrected chi connectivity index (χ4v) is 5.57. The number of imidazole rings is 1. The summed E-state index contributed by atoms with van der Waals surface area (Å²) in [7, 11) is 0. The molecule has 0 amide bonds. The third-order valence-electron chi connectivity index (χ3n) is 7.37. The lowest BCUT2D eigenvalue weighted by atomic mass is 9.75. The van der Waals surface area contributed by atoms with Gasteiger partial charge in [-0.1, -0.05) is 18.2 Å². The summed E-state index contributed by atoms with van der Waals surface area (Å²) >= 11 is 0. The monoisotopic (exact) mass is 415 g/mol. The number of benzene rings is 1. The maximum absolute atomic E-state index is 14.2. The van der Waals surface area contributed by atoms with Gasteiger partial charge in [0.25, 0.3) is 0 Å². The molecule has 31 heavy (non-hydrogen) atoms. The van der Waals surface area contributed by atoms with Crippen molar-refractivity contribution in [2.75, 3.05) is 0 Å². The largest absolute Gasteiger partial charge is 0.387 e. The molecule has 3 heterocycles. The molecule has 1 aromatic carbocycles. The van der Waals surface area contributed by atoms with Gasteiger partial charge >= 0.3 is 0 Å². The van der Waals surface area contributed by atoms with Crippen molar-refractivity contribution in [3.8, 4) is 0 Å². The Balaban J connectivity index is 1.27. The highest BCUT2D eigenvalue weighted by Crippen LogP contribution is 2.47. The maximum Gasteiger partial charge on any atom is 0.149 e. The van der Waals surface area contributed by atoms with Crippen LogP contribution in [0.25, 0.3) is 16.4 Å². The number of hydrogen-bond acceptors (Lipinski definition) is 3. The lowest BCUT2D eigenvalue weighted by Gasteiger charge is -2.33. The molecule has 0 saturated heterocycles. The molecule has 0 bridgehead atoms. The molecule has 1 atom stereocenters. The van der Waals surface area contributed by atoms with E-state index in [4.69, 9.17) is 0 Å². The Kier molecular flexibility index (Phi) is 4.53. The summed E-state index contributed by atoms with van der Waals surface area (Å²) in [6.07, 6.45) is 11.3. The standard InChI is InChI=1S/C26H26FN3O/c27-23-3-1-2-22-20(12-13-29-24(22)23)16-6-8-18(9-7-16)26(31)25-21(17-4-5-17)11-10-19-14-28-15-30(19)25/h1-3,10-18,26,31H,4-9H2. The number of halogens is 1. The maximum atomic E-state index is 14.2. The van der Waals surface area contributed by atoms with Crippen LogP contribution in [0.3, 0.4) is 0 Å². The van der Waals surface area contributed by atoms with Gasteiger partial charge in [-0.3, -0.25) is 4.98 Å². The minimum atomic E-state index is -0.485. The molecule has 4 nitrogen and oxygen atoms in total. The number of pyridine rings is 2.